The van der Waals surface area contributed by atoms with E-state index >= 15 is 0 Å². The van der Waals surface area contributed by atoms with Crippen molar-refractivity contribution in [3.05, 3.63) is 0 Å². The first-order chi connectivity index (χ1) is 8.57. The number of ether oxygens (including phenoxy) is 1. The predicted octanol–water partition coefficient (Wildman–Crippen LogP) is 1.92. The van der Waals surface area contributed by atoms with Gasteiger partial charge in [0, 0.05) is 6.04 Å². The van der Waals surface area contributed by atoms with E-state index in [9.17, 15) is 4.79 Å². The topological polar surface area (TPSA) is 55.6 Å². The van der Waals surface area contributed by atoms with E-state index in [2.05, 4.69) is 18.7 Å². The second kappa shape index (κ2) is 7.10. The summed E-state index contributed by atoms with van der Waals surface area (Å²) in [4.78, 5) is 14.3. The highest BCUT2D eigenvalue weighted by molar-refractivity contribution is 5.80. The molecule has 2 atom stereocenters. The van der Waals surface area contributed by atoms with Crippen molar-refractivity contribution in [2.45, 2.75) is 64.0 Å². The van der Waals surface area contributed by atoms with Crippen LogP contribution >= 0.6 is 0 Å². The van der Waals surface area contributed by atoms with E-state index in [4.69, 9.17) is 10.5 Å². The molecule has 0 radical (unpaired) electrons. The number of unbranched alkanes of at least 4 members (excludes halogenated alkanes) is 1. The normalized spacial score (nSPS) is 28.4. The highest BCUT2D eigenvalue weighted by atomic mass is 16.5. The van der Waals surface area contributed by atoms with E-state index in [0.717, 1.165) is 38.8 Å². The zero-order valence-electron chi connectivity index (χ0n) is 12.1. The third-order valence-corrected chi connectivity index (χ3v) is 4.07. The van der Waals surface area contributed by atoms with Gasteiger partial charge in [-0.3, -0.25) is 4.79 Å². The second-order valence-electron chi connectivity index (χ2n) is 5.38. The Morgan fingerprint density at radius 2 is 2.22 bits per heavy atom. The number of methoxy groups -OCH3 is 1. The molecule has 4 heteroatoms. The molecule has 0 aliphatic heterocycles. The van der Waals surface area contributed by atoms with Crippen LogP contribution < -0.4 is 5.73 Å². The summed E-state index contributed by atoms with van der Waals surface area (Å²) >= 11 is 0. The molecule has 2 unspecified atom stereocenters. The monoisotopic (exact) mass is 256 g/mol. The Labute approximate surface area is 111 Å². The molecule has 0 aromatic carbocycles. The lowest BCUT2D eigenvalue weighted by Gasteiger charge is -2.40. The number of esters is 1. The molecule has 1 aliphatic rings. The third-order valence-electron chi connectivity index (χ3n) is 4.07. The van der Waals surface area contributed by atoms with Crippen molar-refractivity contribution in [1.29, 1.82) is 0 Å². The molecule has 2 N–H and O–H groups in total. The standard InChI is InChI=1S/C14H28N2O2/c1-4-6-10-16(5-2)12-8-7-9-14(15,11-12)13(17)18-3/h12H,4-11,15H2,1-3H3. The molecule has 0 spiro atoms. The minimum atomic E-state index is -0.767. The Morgan fingerprint density at radius 1 is 1.50 bits per heavy atom. The Bertz CT molecular complexity index is 271. The van der Waals surface area contributed by atoms with Gasteiger partial charge in [-0.25, -0.2) is 0 Å². The lowest BCUT2D eigenvalue weighted by molar-refractivity contribution is -0.149. The first-order valence-electron chi connectivity index (χ1n) is 7.18. The fourth-order valence-corrected chi connectivity index (χ4v) is 2.94. The van der Waals surface area contributed by atoms with E-state index in [0.29, 0.717) is 6.04 Å². The average molecular weight is 256 g/mol. The first-order valence-corrected chi connectivity index (χ1v) is 7.18. The van der Waals surface area contributed by atoms with Gasteiger partial charge < -0.3 is 15.4 Å². The Hall–Kier alpha value is -0.610. The Balaban J connectivity index is 2.63. The minimum absolute atomic E-state index is 0.251. The van der Waals surface area contributed by atoms with Gasteiger partial charge in [0.05, 0.1) is 7.11 Å². The van der Waals surface area contributed by atoms with E-state index < -0.39 is 5.54 Å². The Morgan fingerprint density at radius 3 is 2.78 bits per heavy atom. The summed E-state index contributed by atoms with van der Waals surface area (Å²) < 4.78 is 4.85. The van der Waals surface area contributed by atoms with Crippen LogP contribution in [0.2, 0.25) is 0 Å². The Kier molecular flexibility index (Phi) is 6.09. The highest BCUT2D eigenvalue weighted by Crippen LogP contribution is 2.30. The molecular formula is C14H28N2O2. The zero-order valence-corrected chi connectivity index (χ0v) is 12.1. The van der Waals surface area contributed by atoms with Crippen molar-refractivity contribution in [1.82, 2.24) is 4.90 Å². The number of hydrogen-bond donors (Lipinski definition) is 1. The summed E-state index contributed by atoms with van der Waals surface area (Å²) in [6.07, 6.45) is 6.05. The molecule has 0 bridgehead atoms. The molecule has 1 rings (SSSR count). The SMILES string of the molecule is CCCCN(CC)C1CCCC(N)(C(=O)OC)C1. The van der Waals surface area contributed by atoms with Crippen molar-refractivity contribution in [2.75, 3.05) is 20.2 Å². The van der Waals surface area contributed by atoms with Crippen molar-refractivity contribution < 1.29 is 9.53 Å². The fourth-order valence-electron chi connectivity index (χ4n) is 2.94. The fraction of sp³-hybridized carbons (Fsp3) is 0.929. The van der Waals surface area contributed by atoms with Gasteiger partial charge in [-0.1, -0.05) is 20.3 Å². The highest BCUT2D eigenvalue weighted by Gasteiger charge is 2.41. The molecule has 106 valence electrons. The second-order valence-corrected chi connectivity index (χ2v) is 5.38. The number of carbonyl (C=O) groups is 1. The molecule has 1 saturated carbocycles. The molecule has 4 nitrogen and oxygen atoms in total. The molecule has 0 aromatic heterocycles. The maximum Gasteiger partial charge on any atom is 0.325 e. The quantitative estimate of drug-likeness (QED) is 0.738. The summed E-state index contributed by atoms with van der Waals surface area (Å²) in [7, 11) is 1.43. The van der Waals surface area contributed by atoms with Crippen LogP contribution in [0.25, 0.3) is 0 Å². The zero-order chi connectivity index (χ0) is 13.6. The smallest absolute Gasteiger partial charge is 0.325 e. The average Bonchev–Trinajstić information content (AvgIpc) is 2.39. The van der Waals surface area contributed by atoms with Gasteiger partial charge in [0.2, 0.25) is 0 Å². The van der Waals surface area contributed by atoms with E-state index in [1.807, 2.05) is 0 Å². The molecule has 1 fully saturated rings. The van der Waals surface area contributed by atoms with Crippen molar-refractivity contribution in [2.24, 2.45) is 5.73 Å². The number of rotatable bonds is 6. The van der Waals surface area contributed by atoms with Gasteiger partial charge in [-0.05, 0) is 45.2 Å². The van der Waals surface area contributed by atoms with Crippen LogP contribution in [0.3, 0.4) is 0 Å². The van der Waals surface area contributed by atoms with Gasteiger partial charge in [0.1, 0.15) is 5.54 Å². The van der Waals surface area contributed by atoms with E-state index in [1.54, 1.807) is 0 Å². The third kappa shape index (κ3) is 3.69. The van der Waals surface area contributed by atoms with Crippen LogP contribution in [0.4, 0.5) is 0 Å². The van der Waals surface area contributed by atoms with Gasteiger partial charge in [-0.2, -0.15) is 0 Å². The van der Waals surface area contributed by atoms with Crippen molar-refractivity contribution in [3.8, 4) is 0 Å². The van der Waals surface area contributed by atoms with Gasteiger partial charge in [-0.15, -0.1) is 0 Å². The molecule has 0 amide bonds. The van der Waals surface area contributed by atoms with Crippen molar-refractivity contribution >= 4 is 5.97 Å². The molecule has 0 aromatic rings. The summed E-state index contributed by atoms with van der Waals surface area (Å²) in [5.41, 5.74) is 5.46. The molecular weight excluding hydrogens is 228 g/mol. The van der Waals surface area contributed by atoms with Gasteiger partial charge in [0.25, 0.3) is 0 Å². The van der Waals surface area contributed by atoms with Crippen LogP contribution in [0.15, 0.2) is 0 Å². The van der Waals surface area contributed by atoms with E-state index in [-0.39, 0.29) is 5.97 Å². The molecule has 0 saturated heterocycles. The van der Waals surface area contributed by atoms with Gasteiger partial charge in [0.15, 0.2) is 0 Å². The maximum absolute atomic E-state index is 11.8. The summed E-state index contributed by atoms with van der Waals surface area (Å²) in [5, 5.41) is 0. The van der Waals surface area contributed by atoms with Crippen molar-refractivity contribution in [3.63, 3.8) is 0 Å². The molecule has 18 heavy (non-hydrogen) atoms. The number of nitrogens with zero attached hydrogens (tertiary/aromatic N) is 1. The van der Waals surface area contributed by atoms with Crippen LogP contribution in [0.1, 0.15) is 52.4 Å². The summed E-state index contributed by atoms with van der Waals surface area (Å²) in [5.74, 6) is -0.251. The summed E-state index contributed by atoms with van der Waals surface area (Å²) in [6, 6.07) is 0.430. The number of hydrogen-bond acceptors (Lipinski definition) is 4. The van der Waals surface area contributed by atoms with Crippen LogP contribution in [-0.4, -0.2) is 42.6 Å². The molecule has 0 heterocycles. The number of nitrogens with two attached hydrogens (primary N) is 1. The van der Waals surface area contributed by atoms with E-state index in [1.165, 1.54) is 20.0 Å². The van der Waals surface area contributed by atoms with Crippen LogP contribution in [-0.2, 0) is 9.53 Å². The largest absolute Gasteiger partial charge is 0.468 e. The predicted molar refractivity (Wildman–Crippen MR) is 73.3 cm³/mol. The van der Waals surface area contributed by atoms with Crippen LogP contribution in [0.5, 0.6) is 0 Å². The molecule has 1 aliphatic carbocycles. The number of carbonyl (C=O) groups excluding carboxylic acids is 1. The lowest BCUT2D eigenvalue weighted by atomic mass is 9.79. The first kappa shape index (κ1) is 15.4. The summed E-state index contributed by atoms with van der Waals surface area (Å²) in [6.45, 7) is 6.52. The van der Waals surface area contributed by atoms with Gasteiger partial charge >= 0.3 is 5.97 Å². The lowest BCUT2D eigenvalue weighted by Crippen LogP contribution is -2.56. The van der Waals surface area contributed by atoms with Crippen LogP contribution in [0, 0.1) is 0 Å². The maximum atomic E-state index is 11.8. The minimum Gasteiger partial charge on any atom is -0.468 e.